The van der Waals surface area contributed by atoms with Crippen LogP contribution in [0.2, 0.25) is 0 Å². The molecular formula is C22H21N3O5S2. The van der Waals surface area contributed by atoms with Crippen molar-refractivity contribution in [3.05, 3.63) is 72.3 Å². The lowest BCUT2D eigenvalue weighted by Gasteiger charge is -2.22. The molecule has 1 aliphatic heterocycles. The molecule has 3 N–H and O–H groups in total. The Morgan fingerprint density at radius 2 is 1.66 bits per heavy atom. The van der Waals surface area contributed by atoms with Gasteiger partial charge in [0.15, 0.2) is 0 Å². The van der Waals surface area contributed by atoms with E-state index in [1.54, 1.807) is 48.5 Å². The molecule has 3 aromatic rings. The van der Waals surface area contributed by atoms with Gasteiger partial charge in [0.05, 0.1) is 21.5 Å². The van der Waals surface area contributed by atoms with E-state index in [1.807, 2.05) is 6.92 Å². The maximum Gasteiger partial charge on any atom is 0.262 e. The van der Waals surface area contributed by atoms with Crippen molar-refractivity contribution in [3.63, 3.8) is 0 Å². The predicted octanol–water partition coefficient (Wildman–Crippen LogP) is 3.08. The molecule has 0 spiro atoms. The molecule has 32 heavy (non-hydrogen) atoms. The fourth-order valence-electron chi connectivity index (χ4n) is 3.38. The number of hydrogen-bond acceptors (Lipinski definition) is 5. The lowest BCUT2D eigenvalue weighted by Crippen LogP contribution is -2.41. The zero-order valence-corrected chi connectivity index (χ0v) is 18.9. The quantitative estimate of drug-likeness (QED) is 0.528. The Kier molecular flexibility index (Phi) is 5.53. The molecule has 166 valence electrons. The first-order valence-corrected chi connectivity index (χ1v) is 12.7. The van der Waals surface area contributed by atoms with Crippen LogP contribution >= 0.6 is 0 Å². The predicted molar refractivity (Wildman–Crippen MR) is 122 cm³/mol. The van der Waals surface area contributed by atoms with Crippen LogP contribution in [0.4, 0.5) is 11.4 Å². The van der Waals surface area contributed by atoms with Crippen LogP contribution in [0, 0.1) is 6.92 Å². The fraction of sp³-hybridized carbons (Fsp3) is 0.136. The topological polar surface area (TPSA) is 121 Å². The lowest BCUT2D eigenvalue weighted by molar-refractivity contribution is -0.117. The number of sulfonamides is 2. The maximum absolute atomic E-state index is 12.6. The van der Waals surface area contributed by atoms with E-state index in [2.05, 4.69) is 14.8 Å². The van der Waals surface area contributed by atoms with Crippen LogP contribution < -0.4 is 14.8 Å². The van der Waals surface area contributed by atoms with Gasteiger partial charge in [-0.1, -0.05) is 35.9 Å². The Balaban J connectivity index is 1.54. The second-order valence-corrected chi connectivity index (χ2v) is 10.9. The van der Waals surface area contributed by atoms with E-state index < -0.39 is 32.0 Å². The highest BCUT2D eigenvalue weighted by Gasteiger charge is 2.27. The van der Waals surface area contributed by atoms with Crippen molar-refractivity contribution in [2.75, 3.05) is 10.0 Å². The van der Waals surface area contributed by atoms with Gasteiger partial charge in [-0.3, -0.25) is 9.52 Å². The van der Waals surface area contributed by atoms with Crippen molar-refractivity contribution in [2.45, 2.75) is 29.7 Å². The first-order chi connectivity index (χ1) is 15.1. The normalized spacial score (nSPS) is 15.1. The van der Waals surface area contributed by atoms with Crippen LogP contribution in [-0.4, -0.2) is 28.8 Å². The average molecular weight is 472 g/mol. The van der Waals surface area contributed by atoms with Crippen molar-refractivity contribution < 1.29 is 21.6 Å². The molecule has 0 bridgehead atoms. The molecule has 8 nitrogen and oxygen atoms in total. The number of rotatable bonds is 5. The largest absolute Gasteiger partial charge is 0.325 e. The van der Waals surface area contributed by atoms with Gasteiger partial charge in [0, 0.05) is 16.8 Å². The lowest BCUT2D eigenvalue weighted by atomic mass is 10.0. The van der Waals surface area contributed by atoms with E-state index >= 15 is 0 Å². The molecule has 1 unspecified atom stereocenters. The molecule has 0 aromatic heterocycles. The maximum atomic E-state index is 12.6. The molecule has 0 saturated carbocycles. The first-order valence-electron chi connectivity index (χ1n) is 9.73. The number of benzene rings is 3. The van der Waals surface area contributed by atoms with Crippen molar-refractivity contribution in [1.82, 2.24) is 4.72 Å². The van der Waals surface area contributed by atoms with E-state index in [-0.39, 0.29) is 9.79 Å². The SMILES string of the molecule is Cc1ccc(S(=O)(=O)NC(C)C(=O)Nc2ccc3c(c2)-c2ccccc2S(=O)(=O)N3)cc1. The van der Waals surface area contributed by atoms with Crippen LogP contribution in [-0.2, 0) is 24.8 Å². The third-order valence-electron chi connectivity index (χ3n) is 5.05. The van der Waals surface area contributed by atoms with Crippen molar-refractivity contribution >= 4 is 37.3 Å². The highest BCUT2D eigenvalue weighted by atomic mass is 32.2. The van der Waals surface area contributed by atoms with E-state index in [0.717, 1.165) is 5.56 Å². The molecule has 0 radical (unpaired) electrons. The van der Waals surface area contributed by atoms with Crippen molar-refractivity contribution in [2.24, 2.45) is 0 Å². The summed E-state index contributed by atoms with van der Waals surface area (Å²) < 4.78 is 54.8. The highest BCUT2D eigenvalue weighted by molar-refractivity contribution is 7.93. The van der Waals surface area contributed by atoms with E-state index in [0.29, 0.717) is 22.5 Å². The second-order valence-electron chi connectivity index (χ2n) is 7.51. The zero-order valence-electron chi connectivity index (χ0n) is 17.3. The van der Waals surface area contributed by atoms with Crippen LogP contribution in [0.3, 0.4) is 0 Å². The second kappa shape index (κ2) is 8.05. The molecule has 0 saturated heterocycles. The fourth-order valence-corrected chi connectivity index (χ4v) is 5.88. The molecule has 1 amide bonds. The standard InChI is InChI=1S/C22H21N3O5S2/c1-14-7-10-17(11-8-14)31(27,28)24-15(2)22(26)23-16-9-12-20-19(13-16)18-5-3-4-6-21(18)32(29,30)25-20/h3-13,15,24-25H,1-2H3,(H,23,26). The minimum absolute atomic E-state index is 0.0698. The highest BCUT2D eigenvalue weighted by Crippen LogP contribution is 2.40. The van der Waals surface area contributed by atoms with E-state index in [4.69, 9.17) is 0 Å². The van der Waals surface area contributed by atoms with Gasteiger partial charge in [-0.15, -0.1) is 0 Å². The number of anilines is 2. The number of carbonyl (C=O) groups is 1. The molecule has 1 heterocycles. The molecule has 3 aromatic carbocycles. The molecule has 0 fully saturated rings. The van der Waals surface area contributed by atoms with Crippen molar-refractivity contribution in [3.8, 4) is 11.1 Å². The monoisotopic (exact) mass is 471 g/mol. The Morgan fingerprint density at radius 3 is 2.38 bits per heavy atom. The van der Waals surface area contributed by atoms with Crippen LogP contribution in [0.15, 0.2) is 76.5 Å². The minimum atomic E-state index is -3.87. The molecule has 4 rings (SSSR count). The summed E-state index contributed by atoms with van der Waals surface area (Å²) in [6.45, 7) is 3.30. The summed E-state index contributed by atoms with van der Waals surface area (Å²) in [5.74, 6) is -0.551. The first kappa shape index (κ1) is 22.0. The number of amides is 1. The summed E-state index contributed by atoms with van der Waals surface area (Å²) in [6, 6.07) is 16.6. The van der Waals surface area contributed by atoms with Crippen molar-refractivity contribution in [1.29, 1.82) is 0 Å². The summed E-state index contributed by atoms with van der Waals surface area (Å²) in [6.07, 6.45) is 0. The summed E-state index contributed by atoms with van der Waals surface area (Å²) in [4.78, 5) is 12.9. The number of carbonyl (C=O) groups excluding carboxylic acids is 1. The van der Waals surface area contributed by atoms with Gasteiger partial charge in [0.2, 0.25) is 15.9 Å². The van der Waals surface area contributed by atoms with E-state index in [9.17, 15) is 21.6 Å². The Hall–Kier alpha value is -3.21. The van der Waals surface area contributed by atoms with Crippen LogP contribution in [0.1, 0.15) is 12.5 Å². The van der Waals surface area contributed by atoms with Gasteiger partial charge in [-0.2, -0.15) is 4.72 Å². The number of nitrogens with one attached hydrogen (secondary N) is 3. The third kappa shape index (κ3) is 4.24. The molecule has 10 heteroatoms. The average Bonchev–Trinajstić information content (AvgIpc) is 2.74. The van der Waals surface area contributed by atoms with Crippen LogP contribution in [0.5, 0.6) is 0 Å². The summed E-state index contributed by atoms with van der Waals surface area (Å²) in [7, 11) is -7.54. The number of fused-ring (bicyclic) bond motifs is 3. The number of aryl methyl sites for hydroxylation is 1. The Labute approximate surface area is 186 Å². The molecule has 1 atom stereocenters. The summed E-state index contributed by atoms with van der Waals surface area (Å²) >= 11 is 0. The number of hydrogen-bond donors (Lipinski definition) is 3. The van der Waals surface area contributed by atoms with Gasteiger partial charge >= 0.3 is 0 Å². The summed E-state index contributed by atoms with van der Waals surface area (Å²) in [5.41, 5.74) is 2.86. The molecule has 1 aliphatic rings. The smallest absolute Gasteiger partial charge is 0.262 e. The van der Waals surface area contributed by atoms with Gasteiger partial charge in [0.25, 0.3) is 10.0 Å². The van der Waals surface area contributed by atoms with Crippen LogP contribution in [0.25, 0.3) is 11.1 Å². The van der Waals surface area contributed by atoms with Gasteiger partial charge < -0.3 is 5.32 Å². The Morgan fingerprint density at radius 1 is 0.969 bits per heavy atom. The van der Waals surface area contributed by atoms with Gasteiger partial charge in [-0.25, -0.2) is 16.8 Å². The minimum Gasteiger partial charge on any atom is -0.325 e. The van der Waals surface area contributed by atoms with Gasteiger partial charge in [0.1, 0.15) is 0 Å². The summed E-state index contributed by atoms with van der Waals surface area (Å²) in [5, 5.41) is 2.68. The zero-order chi connectivity index (χ0) is 23.1. The third-order valence-corrected chi connectivity index (χ3v) is 8.03. The molecule has 0 aliphatic carbocycles. The van der Waals surface area contributed by atoms with Gasteiger partial charge in [-0.05, 0) is 50.2 Å². The van der Waals surface area contributed by atoms with E-state index in [1.165, 1.54) is 25.1 Å². The molecular weight excluding hydrogens is 450 g/mol. The Bertz CT molecular complexity index is 1420.